The Morgan fingerprint density at radius 2 is 0.710 bits per heavy atom. The van der Waals surface area contributed by atoms with Crippen molar-refractivity contribution in [2.24, 2.45) is 0 Å². The van der Waals surface area contributed by atoms with Gasteiger partial charge in [-0.2, -0.15) is 0 Å². The summed E-state index contributed by atoms with van der Waals surface area (Å²) >= 11 is 0. The number of benzene rings is 6. The van der Waals surface area contributed by atoms with Crippen molar-refractivity contribution in [2.75, 3.05) is 0 Å². The van der Waals surface area contributed by atoms with Crippen molar-refractivity contribution in [3.05, 3.63) is 235 Å². The number of hydrogen-bond donors (Lipinski definition) is 0. The number of para-hydroxylation sites is 2. The third-order valence-electron chi connectivity index (χ3n) is 12.2. The quantitative estimate of drug-likeness (QED) is 0.167. The van der Waals surface area contributed by atoms with Gasteiger partial charge in [-0.15, -0.1) is 0 Å². The molecule has 12 rings (SSSR count). The normalized spacial score (nSPS) is 12.8. The molecule has 4 aromatic heterocycles. The van der Waals surface area contributed by atoms with Crippen molar-refractivity contribution in [3.63, 3.8) is 0 Å². The first kappa shape index (κ1) is 35.6. The van der Waals surface area contributed by atoms with Crippen molar-refractivity contribution in [3.8, 4) is 90.2 Å². The van der Waals surface area contributed by atoms with Gasteiger partial charge in [0.05, 0.1) is 33.8 Å². The van der Waals surface area contributed by atoms with Crippen LogP contribution in [-0.4, -0.2) is 24.9 Å². The topological polar surface area (TPSA) is 73.7 Å². The van der Waals surface area contributed by atoms with Gasteiger partial charge in [0.1, 0.15) is 11.5 Å². The molecule has 1 aliphatic carbocycles. The lowest BCUT2D eigenvalue weighted by molar-refractivity contribution is 0.439. The second-order valence-electron chi connectivity index (χ2n) is 15.6. The molecule has 0 atom stereocenters. The van der Waals surface area contributed by atoms with Crippen LogP contribution in [0.5, 0.6) is 11.5 Å². The Bertz CT molecular complexity index is 2980. The lowest BCUT2D eigenvalue weighted by atomic mass is 9.65. The van der Waals surface area contributed by atoms with E-state index in [9.17, 15) is 0 Å². The summed E-state index contributed by atoms with van der Waals surface area (Å²) < 4.78 is 7.53. The Morgan fingerprint density at radius 1 is 0.306 bits per heavy atom. The predicted molar refractivity (Wildman–Crippen MR) is 245 cm³/mol. The van der Waals surface area contributed by atoms with Crippen LogP contribution in [0, 0.1) is 0 Å². The molecule has 290 valence electrons. The molecule has 1 aliphatic heterocycles. The van der Waals surface area contributed by atoms with Gasteiger partial charge in [-0.05, 0) is 76.3 Å². The average molecular weight is 794 g/mol. The molecule has 1 spiro atoms. The lowest BCUT2D eigenvalue weighted by Gasteiger charge is -2.40. The average Bonchev–Trinajstić information content (AvgIpc) is 3.65. The Hall–Kier alpha value is -8.35. The zero-order valence-electron chi connectivity index (χ0n) is 33.4. The molecule has 0 bridgehead atoms. The summed E-state index contributed by atoms with van der Waals surface area (Å²) in [4.78, 5) is 24.4. The number of rotatable bonds is 6. The van der Waals surface area contributed by atoms with E-state index < -0.39 is 5.41 Å². The predicted octanol–water partition coefficient (Wildman–Crippen LogP) is 13.1. The number of ether oxygens (including phenoxy) is 1. The minimum absolute atomic E-state index is 0.585. The van der Waals surface area contributed by atoms with Gasteiger partial charge in [0, 0.05) is 63.7 Å². The van der Waals surface area contributed by atoms with Crippen molar-refractivity contribution >= 4 is 0 Å². The largest absolute Gasteiger partial charge is 0.455 e. The van der Waals surface area contributed by atoms with E-state index in [4.69, 9.17) is 19.7 Å². The number of fused-ring (bicyclic) bond motifs is 9. The Morgan fingerprint density at radius 3 is 1.24 bits per heavy atom. The van der Waals surface area contributed by atoms with Gasteiger partial charge in [0.15, 0.2) is 5.82 Å². The number of pyridine rings is 3. The monoisotopic (exact) mass is 793 g/mol. The number of aromatic nitrogens is 5. The molecule has 6 aromatic carbocycles. The van der Waals surface area contributed by atoms with Crippen LogP contribution in [-0.2, 0) is 5.41 Å². The van der Waals surface area contributed by atoms with Crippen molar-refractivity contribution in [1.29, 1.82) is 0 Å². The molecule has 0 radical (unpaired) electrons. The van der Waals surface area contributed by atoms with Gasteiger partial charge in [0.25, 0.3) is 0 Å². The highest BCUT2D eigenvalue weighted by Gasteiger charge is 2.52. The zero-order valence-corrected chi connectivity index (χ0v) is 33.4. The SMILES string of the molecule is c1ccc(-c2cc(-c3ccccc3)nc(-c3cccc4c3Oc3c(-c5cc(-c6ccncc6)nc(-c6ccncc6)c5)cccc3C43c4ccccc4-c4ccccc43)n2)cc1. The Labute approximate surface area is 359 Å². The molecule has 0 fully saturated rings. The summed E-state index contributed by atoms with van der Waals surface area (Å²) in [6.45, 7) is 0. The number of hydrogen-bond acceptors (Lipinski definition) is 6. The fourth-order valence-electron chi connectivity index (χ4n) is 9.46. The molecule has 0 unspecified atom stereocenters. The van der Waals surface area contributed by atoms with E-state index in [1.165, 1.54) is 22.3 Å². The second kappa shape index (κ2) is 14.4. The Kier molecular flexibility index (Phi) is 8.28. The molecule has 0 saturated carbocycles. The van der Waals surface area contributed by atoms with E-state index >= 15 is 0 Å². The highest BCUT2D eigenvalue weighted by molar-refractivity contribution is 5.92. The van der Waals surface area contributed by atoms with Crippen LogP contribution in [0.4, 0.5) is 0 Å². The zero-order chi connectivity index (χ0) is 41.0. The van der Waals surface area contributed by atoms with Crippen LogP contribution in [0.25, 0.3) is 78.7 Å². The standard InChI is InChI=1S/C56H35N5O/c1-3-13-36(14-4-1)51-35-52(37-15-5-2-6-16-37)61-55(60-51)44-20-12-24-48-54(44)62-53-41(40-33-49(38-25-29-57-30-26-38)59-50(34-40)39-27-31-58-32-28-39)19-11-23-47(53)56(48)45-21-9-7-17-42(45)43-18-8-10-22-46(43)56/h1-35H. The number of nitrogens with zero attached hydrogens (tertiary/aromatic N) is 5. The summed E-state index contributed by atoms with van der Waals surface area (Å²) in [5.41, 5.74) is 16.2. The fourth-order valence-corrected chi connectivity index (χ4v) is 9.46. The molecule has 2 aliphatic rings. The molecule has 0 amide bonds. The summed E-state index contributed by atoms with van der Waals surface area (Å²) in [7, 11) is 0. The summed E-state index contributed by atoms with van der Waals surface area (Å²) in [5, 5.41) is 0. The molecular formula is C56H35N5O. The summed E-state index contributed by atoms with van der Waals surface area (Å²) in [5.74, 6) is 2.08. The Balaban J connectivity index is 1.16. The summed E-state index contributed by atoms with van der Waals surface area (Å²) in [6.07, 6.45) is 7.22. The van der Waals surface area contributed by atoms with Gasteiger partial charge >= 0.3 is 0 Å². The molecule has 0 N–H and O–H groups in total. The fraction of sp³-hybridized carbons (Fsp3) is 0.0179. The summed E-state index contributed by atoms with van der Waals surface area (Å²) in [6, 6.07) is 65.6. The molecular weight excluding hydrogens is 759 g/mol. The molecule has 10 aromatic rings. The highest BCUT2D eigenvalue weighted by Crippen LogP contribution is 2.64. The van der Waals surface area contributed by atoms with Crippen LogP contribution in [0.15, 0.2) is 213 Å². The van der Waals surface area contributed by atoms with Crippen molar-refractivity contribution < 1.29 is 4.74 Å². The lowest BCUT2D eigenvalue weighted by Crippen LogP contribution is -2.32. The van der Waals surface area contributed by atoms with Crippen LogP contribution >= 0.6 is 0 Å². The third kappa shape index (κ3) is 5.61. The van der Waals surface area contributed by atoms with Crippen LogP contribution in [0.2, 0.25) is 0 Å². The van der Waals surface area contributed by atoms with E-state index in [-0.39, 0.29) is 0 Å². The van der Waals surface area contributed by atoms with Gasteiger partial charge in [-0.1, -0.05) is 140 Å². The minimum Gasteiger partial charge on any atom is -0.455 e. The van der Waals surface area contributed by atoms with Crippen LogP contribution in [0.3, 0.4) is 0 Å². The first-order valence-electron chi connectivity index (χ1n) is 20.7. The first-order chi connectivity index (χ1) is 30.7. The van der Waals surface area contributed by atoms with E-state index in [2.05, 4.69) is 137 Å². The molecule has 6 heteroatoms. The van der Waals surface area contributed by atoms with Crippen LogP contribution in [0.1, 0.15) is 22.3 Å². The first-order valence-corrected chi connectivity index (χ1v) is 20.7. The smallest absolute Gasteiger partial charge is 0.164 e. The van der Waals surface area contributed by atoms with E-state index in [0.29, 0.717) is 5.82 Å². The van der Waals surface area contributed by atoms with E-state index in [1.807, 2.05) is 60.7 Å². The van der Waals surface area contributed by atoms with Crippen molar-refractivity contribution in [2.45, 2.75) is 5.41 Å². The maximum Gasteiger partial charge on any atom is 0.164 e. The van der Waals surface area contributed by atoms with Gasteiger partial charge in [-0.3, -0.25) is 9.97 Å². The maximum absolute atomic E-state index is 7.53. The minimum atomic E-state index is -0.726. The van der Waals surface area contributed by atoms with Gasteiger partial charge in [-0.25, -0.2) is 15.0 Å². The second-order valence-corrected chi connectivity index (χ2v) is 15.6. The molecule has 0 saturated heterocycles. The van der Waals surface area contributed by atoms with Gasteiger partial charge < -0.3 is 4.74 Å². The van der Waals surface area contributed by atoms with Crippen LogP contribution < -0.4 is 4.74 Å². The third-order valence-corrected chi connectivity index (χ3v) is 12.2. The van der Waals surface area contributed by atoms with E-state index in [1.54, 1.807) is 24.8 Å². The molecule has 5 heterocycles. The highest BCUT2D eigenvalue weighted by atomic mass is 16.5. The molecule has 6 nitrogen and oxygen atoms in total. The van der Waals surface area contributed by atoms with Crippen molar-refractivity contribution in [1.82, 2.24) is 24.9 Å². The van der Waals surface area contributed by atoms with E-state index in [0.717, 1.165) is 84.3 Å². The maximum atomic E-state index is 7.53. The molecule has 62 heavy (non-hydrogen) atoms. The van der Waals surface area contributed by atoms with Gasteiger partial charge in [0.2, 0.25) is 0 Å².